The fourth-order valence-corrected chi connectivity index (χ4v) is 2.91. The third kappa shape index (κ3) is 3.61. The van der Waals surface area contributed by atoms with Gasteiger partial charge >= 0.3 is 12.0 Å². The van der Waals surface area contributed by atoms with Crippen LogP contribution >= 0.6 is 0 Å². The lowest BCUT2D eigenvalue weighted by molar-refractivity contribution is 0.0981. The van der Waals surface area contributed by atoms with Crippen molar-refractivity contribution in [2.24, 2.45) is 0 Å². The number of carbonyl (C=O) groups is 1. The number of nitrogens with one attached hydrogen (secondary N) is 1. The Balaban J connectivity index is 1.36. The standard InChI is InChI=1S/C17H17FN4O4/c18-11-7-19-16(20-8-11)26-13-2-1-5-22(9-13)17(23)21-12-3-4-14-15(6-12)25-10-24-14/h3-4,6-8,13H,1-2,5,9-10H2,(H,21,23)/t13-/m1/s1. The molecule has 0 spiro atoms. The highest BCUT2D eigenvalue weighted by atomic mass is 19.1. The zero-order valence-corrected chi connectivity index (χ0v) is 13.9. The Labute approximate surface area is 148 Å². The molecule has 2 aromatic rings. The Hall–Kier alpha value is -3.10. The average molecular weight is 360 g/mol. The molecule has 2 aliphatic rings. The fourth-order valence-electron chi connectivity index (χ4n) is 2.91. The van der Waals surface area contributed by atoms with Gasteiger partial charge in [-0.15, -0.1) is 0 Å². The van der Waals surface area contributed by atoms with Crippen molar-refractivity contribution in [1.29, 1.82) is 0 Å². The van der Waals surface area contributed by atoms with Crippen LogP contribution in [-0.4, -0.2) is 46.9 Å². The van der Waals surface area contributed by atoms with Crippen molar-refractivity contribution in [3.05, 3.63) is 36.4 Å². The number of hydrogen-bond donors (Lipinski definition) is 1. The molecule has 8 nitrogen and oxygen atoms in total. The van der Waals surface area contributed by atoms with Crippen LogP contribution in [0.2, 0.25) is 0 Å². The van der Waals surface area contributed by atoms with Crippen molar-refractivity contribution in [2.45, 2.75) is 18.9 Å². The second-order valence-electron chi connectivity index (χ2n) is 6.01. The Morgan fingerprint density at radius 1 is 1.27 bits per heavy atom. The van der Waals surface area contributed by atoms with Gasteiger partial charge in [-0.2, -0.15) is 0 Å². The van der Waals surface area contributed by atoms with E-state index in [0.717, 1.165) is 25.2 Å². The van der Waals surface area contributed by atoms with Crippen LogP contribution < -0.4 is 19.5 Å². The van der Waals surface area contributed by atoms with E-state index in [2.05, 4.69) is 15.3 Å². The summed E-state index contributed by atoms with van der Waals surface area (Å²) >= 11 is 0. The van der Waals surface area contributed by atoms with Crippen LogP contribution in [-0.2, 0) is 0 Å². The largest absolute Gasteiger partial charge is 0.458 e. The number of rotatable bonds is 3. The van der Waals surface area contributed by atoms with E-state index in [-0.39, 0.29) is 24.9 Å². The van der Waals surface area contributed by atoms with Crippen LogP contribution in [0.3, 0.4) is 0 Å². The first-order chi connectivity index (χ1) is 12.7. The number of hydrogen-bond acceptors (Lipinski definition) is 6. The molecule has 1 saturated heterocycles. The summed E-state index contributed by atoms with van der Waals surface area (Å²) < 4.78 is 29.1. The molecular weight excluding hydrogens is 343 g/mol. The summed E-state index contributed by atoms with van der Waals surface area (Å²) in [5, 5.41) is 2.85. The molecule has 1 aromatic heterocycles. The number of ether oxygens (including phenoxy) is 3. The minimum atomic E-state index is -0.522. The number of anilines is 1. The van der Waals surface area contributed by atoms with Crippen molar-refractivity contribution in [3.8, 4) is 17.5 Å². The van der Waals surface area contributed by atoms with E-state index < -0.39 is 5.82 Å². The molecule has 136 valence electrons. The third-order valence-electron chi connectivity index (χ3n) is 4.16. The number of likely N-dealkylation sites (tertiary alicyclic amines) is 1. The number of urea groups is 1. The number of fused-ring (bicyclic) bond motifs is 1. The zero-order valence-electron chi connectivity index (χ0n) is 13.9. The normalized spacial score (nSPS) is 18.5. The van der Waals surface area contributed by atoms with Gasteiger partial charge in [-0.1, -0.05) is 0 Å². The first kappa shape index (κ1) is 16.4. The summed E-state index contributed by atoms with van der Waals surface area (Å²) in [6, 6.07) is 5.12. The Bertz CT molecular complexity index is 802. The molecule has 0 aliphatic carbocycles. The lowest BCUT2D eigenvalue weighted by Gasteiger charge is -2.32. The van der Waals surface area contributed by atoms with Crippen molar-refractivity contribution in [1.82, 2.24) is 14.9 Å². The second kappa shape index (κ2) is 7.03. The molecule has 1 atom stereocenters. The first-order valence-electron chi connectivity index (χ1n) is 8.27. The number of benzene rings is 1. The van der Waals surface area contributed by atoms with E-state index >= 15 is 0 Å². The summed E-state index contributed by atoms with van der Waals surface area (Å²) in [7, 11) is 0. The van der Waals surface area contributed by atoms with E-state index in [1.165, 1.54) is 0 Å². The zero-order chi connectivity index (χ0) is 17.9. The SMILES string of the molecule is O=C(Nc1ccc2c(c1)OCO2)N1CCC[C@@H](Oc2ncc(F)cn2)C1. The van der Waals surface area contributed by atoms with E-state index in [9.17, 15) is 9.18 Å². The molecule has 1 N–H and O–H groups in total. The van der Waals surface area contributed by atoms with Crippen molar-refractivity contribution >= 4 is 11.7 Å². The minimum Gasteiger partial charge on any atom is -0.458 e. The van der Waals surface area contributed by atoms with Gasteiger partial charge in [-0.3, -0.25) is 0 Å². The highest BCUT2D eigenvalue weighted by Gasteiger charge is 2.26. The Kier molecular flexibility index (Phi) is 4.42. The molecule has 4 rings (SSSR count). The molecular formula is C17H17FN4O4. The maximum Gasteiger partial charge on any atom is 0.321 e. The van der Waals surface area contributed by atoms with Crippen molar-refractivity contribution in [2.75, 3.05) is 25.2 Å². The number of nitrogens with zero attached hydrogens (tertiary/aromatic N) is 3. The molecule has 2 amide bonds. The number of aromatic nitrogens is 2. The van der Waals surface area contributed by atoms with Crippen molar-refractivity contribution in [3.63, 3.8) is 0 Å². The van der Waals surface area contributed by atoms with E-state index in [1.807, 2.05) is 0 Å². The van der Waals surface area contributed by atoms with Gasteiger partial charge in [0.05, 0.1) is 18.9 Å². The second-order valence-corrected chi connectivity index (χ2v) is 6.01. The Morgan fingerprint density at radius 2 is 2.08 bits per heavy atom. The molecule has 1 aromatic carbocycles. The average Bonchev–Trinajstić information content (AvgIpc) is 3.12. The number of carbonyl (C=O) groups excluding carboxylic acids is 1. The van der Waals surface area contributed by atoms with Gasteiger partial charge in [0.25, 0.3) is 0 Å². The highest BCUT2D eigenvalue weighted by molar-refractivity contribution is 5.89. The summed E-state index contributed by atoms with van der Waals surface area (Å²) in [6.07, 6.45) is 3.43. The number of piperidine rings is 1. The fraction of sp³-hybridized carbons (Fsp3) is 0.353. The summed E-state index contributed by atoms with van der Waals surface area (Å²) in [4.78, 5) is 21.8. The highest BCUT2D eigenvalue weighted by Crippen LogP contribution is 2.34. The predicted molar refractivity (Wildman–Crippen MR) is 88.8 cm³/mol. The minimum absolute atomic E-state index is 0.106. The molecule has 0 radical (unpaired) electrons. The van der Waals surface area contributed by atoms with Crippen LogP contribution in [0.1, 0.15) is 12.8 Å². The molecule has 2 aliphatic heterocycles. The molecule has 0 bridgehead atoms. The van der Waals surface area contributed by atoms with E-state index in [0.29, 0.717) is 30.3 Å². The predicted octanol–water partition coefficient (Wildman–Crippen LogP) is 2.42. The summed E-state index contributed by atoms with van der Waals surface area (Å²) in [6.45, 7) is 1.21. The molecule has 9 heteroatoms. The molecule has 0 saturated carbocycles. The van der Waals surface area contributed by atoms with Crippen LogP contribution in [0.25, 0.3) is 0 Å². The van der Waals surface area contributed by atoms with Gasteiger partial charge in [0.15, 0.2) is 17.3 Å². The quantitative estimate of drug-likeness (QED) is 0.905. The van der Waals surface area contributed by atoms with Gasteiger partial charge in [0.1, 0.15) is 6.10 Å². The van der Waals surface area contributed by atoms with Gasteiger partial charge in [-0.05, 0) is 25.0 Å². The maximum atomic E-state index is 12.9. The summed E-state index contributed by atoms with van der Waals surface area (Å²) in [5.41, 5.74) is 0.629. The Morgan fingerprint density at radius 3 is 2.92 bits per heavy atom. The lowest BCUT2D eigenvalue weighted by Crippen LogP contribution is -2.46. The van der Waals surface area contributed by atoms with Gasteiger partial charge in [0.2, 0.25) is 6.79 Å². The smallest absolute Gasteiger partial charge is 0.321 e. The molecule has 26 heavy (non-hydrogen) atoms. The van der Waals surface area contributed by atoms with E-state index in [4.69, 9.17) is 14.2 Å². The van der Waals surface area contributed by atoms with Crippen LogP contribution in [0.5, 0.6) is 17.5 Å². The maximum absolute atomic E-state index is 12.9. The van der Waals surface area contributed by atoms with Crippen molar-refractivity contribution < 1.29 is 23.4 Å². The molecule has 0 unspecified atom stereocenters. The van der Waals surface area contributed by atoms with Gasteiger partial charge in [0, 0.05) is 18.3 Å². The van der Waals surface area contributed by atoms with Gasteiger partial charge < -0.3 is 24.4 Å². The van der Waals surface area contributed by atoms with Gasteiger partial charge in [-0.25, -0.2) is 19.2 Å². The monoisotopic (exact) mass is 360 g/mol. The lowest BCUT2D eigenvalue weighted by atomic mass is 10.1. The molecule has 3 heterocycles. The van der Waals surface area contributed by atoms with Crippen LogP contribution in [0, 0.1) is 5.82 Å². The summed E-state index contributed by atoms with van der Waals surface area (Å²) in [5.74, 6) is 0.746. The first-order valence-corrected chi connectivity index (χ1v) is 8.27. The number of amides is 2. The topological polar surface area (TPSA) is 85.8 Å². The van der Waals surface area contributed by atoms with Crippen LogP contribution in [0.4, 0.5) is 14.9 Å². The van der Waals surface area contributed by atoms with E-state index in [1.54, 1.807) is 23.1 Å². The number of halogens is 1. The third-order valence-corrected chi connectivity index (χ3v) is 4.16. The molecule has 1 fully saturated rings. The van der Waals surface area contributed by atoms with Crippen LogP contribution in [0.15, 0.2) is 30.6 Å².